The number of aromatic hydroxyl groups is 1. The summed E-state index contributed by atoms with van der Waals surface area (Å²) >= 11 is 5.49. The largest absolute Gasteiger partial charge is 0.506 e. The van der Waals surface area contributed by atoms with Crippen LogP contribution in [0.25, 0.3) is 0 Å². The van der Waals surface area contributed by atoms with E-state index in [-0.39, 0.29) is 17.1 Å². The zero-order valence-electron chi connectivity index (χ0n) is 8.23. The summed E-state index contributed by atoms with van der Waals surface area (Å²) in [7, 11) is 1.34. The molecular weight excluding hydrogens is 247 g/mol. The van der Waals surface area contributed by atoms with Gasteiger partial charge in [-0.15, -0.1) is 0 Å². The van der Waals surface area contributed by atoms with Crippen molar-refractivity contribution in [3.8, 4) is 5.75 Å². The first-order chi connectivity index (χ1) is 7.36. The van der Waals surface area contributed by atoms with Crippen LogP contribution in [-0.4, -0.2) is 12.2 Å². The third kappa shape index (κ3) is 3.01. The maximum Gasteiger partial charge on any atom is 0.420 e. The quantitative estimate of drug-likeness (QED) is 0.816. The molecule has 0 aromatic heterocycles. The fourth-order valence-corrected chi connectivity index (χ4v) is 1.37. The monoisotopic (exact) mass is 255 g/mol. The minimum atomic E-state index is -4.64. The minimum absolute atomic E-state index is 0.0551. The molecule has 0 aliphatic carbocycles. The van der Waals surface area contributed by atoms with E-state index in [0.29, 0.717) is 0 Å². The second-order valence-corrected chi connectivity index (χ2v) is 3.40. The SMILES string of the molecule is CONCc1cc(Cl)c(O)c(C(F)(F)F)c1. The van der Waals surface area contributed by atoms with Gasteiger partial charge < -0.3 is 9.94 Å². The van der Waals surface area contributed by atoms with Crippen LogP contribution in [-0.2, 0) is 17.6 Å². The molecule has 0 saturated heterocycles. The molecule has 0 aliphatic heterocycles. The van der Waals surface area contributed by atoms with Crippen LogP contribution in [0.15, 0.2) is 12.1 Å². The highest BCUT2D eigenvalue weighted by molar-refractivity contribution is 6.32. The van der Waals surface area contributed by atoms with E-state index < -0.39 is 17.5 Å². The van der Waals surface area contributed by atoms with Crippen LogP contribution in [0, 0.1) is 0 Å². The predicted octanol–water partition coefficient (Wildman–Crippen LogP) is 2.72. The Kier molecular flexibility index (Phi) is 4.01. The van der Waals surface area contributed by atoms with Gasteiger partial charge in [-0.1, -0.05) is 11.6 Å². The van der Waals surface area contributed by atoms with Crippen LogP contribution in [0.5, 0.6) is 5.75 Å². The maximum atomic E-state index is 12.5. The highest BCUT2D eigenvalue weighted by atomic mass is 35.5. The molecule has 0 unspecified atom stereocenters. The molecule has 3 nitrogen and oxygen atoms in total. The fraction of sp³-hybridized carbons (Fsp3) is 0.333. The van der Waals surface area contributed by atoms with E-state index in [9.17, 15) is 18.3 Å². The van der Waals surface area contributed by atoms with Crippen molar-refractivity contribution in [2.24, 2.45) is 0 Å². The number of halogens is 4. The van der Waals surface area contributed by atoms with Crippen LogP contribution in [0.4, 0.5) is 13.2 Å². The van der Waals surface area contributed by atoms with Crippen molar-refractivity contribution >= 4 is 11.6 Å². The Morgan fingerprint density at radius 1 is 1.44 bits per heavy atom. The zero-order valence-corrected chi connectivity index (χ0v) is 8.99. The molecule has 7 heteroatoms. The van der Waals surface area contributed by atoms with Gasteiger partial charge in [0.25, 0.3) is 0 Å². The van der Waals surface area contributed by atoms with Gasteiger partial charge in [-0.05, 0) is 17.7 Å². The lowest BCUT2D eigenvalue weighted by Gasteiger charge is -2.12. The summed E-state index contributed by atoms with van der Waals surface area (Å²) in [5.41, 5.74) is 1.48. The van der Waals surface area contributed by atoms with Gasteiger partial charge in [0.15, 0.2) is 0 Å². The molecule has 1 aromatic carbocycles. The molecule has 0 amide bonds. The number of hydrogen-bond acceptors (Lipinski definition) is 3. The number of phenolic OH excluding ortho intramolecular Hbond substituents is 1. The number of nitrogens with one attached hydrogen (secondary N) is 1. The number of alkyl halides is 3. The highest BCUT2D eigenvalue weighted by Gasteiger charge is 2.35. The van der Waals surface area contributed by atoms with E-state index >= 15 is 0 Å². The summed E-state index contributed by atoms with van der Waals surface area (Å²) in [4.78, 5) is 4.50. The zero-order chi connectivity index (χ0) is 12.3. The van der Waals surface area contributed by atoms with Crippen molar-refractivity contribution in [2.75, 3.05) is 7.11 Å². The normalized spacial score (nSPS) is 11.8. The first-order valence-electron chi connectivity index (χ1n) is 4.20. The second kappa shape index (κ2) is 4.90. The predicted molar refractivity (Wildman–Crippen MR) is 52.0 cm³/mol. The van der Waals surface area contributed by atoms with Gasteiger partial charge in [-0.25, -0.2) is 0 Å². The van der Waals surface area contributed by atoms with Crippen molar-refractivity contribution in [1.82, 2.24) is 5.48 Å². The number of rotatable bonds is 3. The number of hydrogen-bond donors (Lipinski definition) is 2. The van der Waals surface area contributed by atoms with Crippen molar-refractivity contribution < 1.29 is 23.1 Å². The summed E-state index contributed by atoms with van der Waals surface area (Å²) in [6.45, 7) is 0.0551. The maximum absolute atomic E-state index is 12.5. The molecule has 1 aromatic rings. The standard InChI is InChI=1S/C9H9ClF3NO2/c1-16-14-4-5-2-6(9(11,12)13)8(15)7(10)3-5/h2-3,14-15H,4H2,1H3. The summed E-state index contributed by atoms with van der Waals surface area (Å²) in [5, 5.41) is 8.83. The summed E-state index contributed by atoms with van der Waals surface area (Å²) in [5.74, 6) is -0.963. The molecule has 0 bridgehead atoms. The van der Waals surface area contributed by atoms with Crippen molar-refractivity contribution in [3.05, 3.63) is 28.3 Å². The number of benzene rings is 1. The van der Waals surface area contributed by atoms with Crippen LogP contribution in [0.3, 0.4) is 0 Å². The van der Waals surface area contributed by atoms with E-state index in [2.05, 4.69) is 10.3 Å². The summed E-state index contributed by atoms with van der Waals surface area (Å²) in [6, 6.07) is 2.05. The van der Waals surface area contributed by atoms with E-state index in [1.807, 2.05) is 0 Å². The molecule has 0 heterocycles. The summed E-state index contributed by atoms with van der Waals surface area (Å²) in [6.07, 6.45) is -4.64. The van der Waals surface area contributed by atoms with Crippen LogP contribution < -0.4 is 5.48 Å². The Labute approximate surface area is 94.7 Å². The van der Waals surface area contributed by atoms with Gasteiger partial charge >= 0.3 is 6.18 Å². The average Bonchev–Trinajstić information content (AvgIpc) is 2.17. The molecule has 0 spiro atoms. The smallest absolute Gasteiger partial charge is 0.420 e. The Morgan fingerprint density at radius 2 is 2.06 bits per heavy atom. The molecule has 0 radical (unpaired) electrons. The highest BCUT2D eigenvalue weighted by Crippen LogP contribution is 2.40. The molecule has 90 valence electrons. The van der Waals surface area contributed by atoms with Gasteiger partial charge in [-0.3, -0.25) is 0 Å². The molecule has 0 aliphatic rings. The van der Waals surface area contributed by atoms with Gasteiger partial charge in [0.1, 0.15) is 5.75 Å². The lowest BCUT2D eigenvalue weighted by molar-refractivity contribution is -0.138. The van der Waals surface area contributed by atoms with Gasteiger partial charge in [-0.2, -0.15) is 18.7 Å². The number of phenols is 1. The third-order valence-electron chi connectivity index (χ3n) is 1.85. The first kappa shape index (κ1) is 13.1. The molecule has 0 fully saturated rings. The van der Waals surface area contributed by atoms with Gasteiger partial charge in [0.2, 0.25) is 0 Å². The van der Waals surface area contributed by atoms with E-state index in [4.69, 9.17) is 11.6 Å². The minimum Gasteiger partial charge on any atom is -0.506 e. The average molecular weight is 256 g/mol. The Hall–Kier alpha value is -0.980. The molecule has 16 heavy (non-hydrogen) atoms. The van der Waals surface area contributed by atoms with E-state index in [1.54, 1.807) is 0 Å². The van der Waals surface area contributed by atoms with Gasteiger partial charge in [0.05, 0.1) is 17.7 Å². The Bertz CT molecular complexity index is 382. The van der Waals surface area contributed by atoms with E-state index in [1.165, 1.54) is 13.2 Å². The first-order valence-corrected chi connectivity index (χ1v) is 4.58. The summed E-state index contributed by atoms with van der Waals surface area (Å²) < 4.78 is 37.4. The molecular formula is C9H9ClF3NO2. The Morgan fingerprint density at radius 3 is 2.56 bits per heavy atom. The topological polar surface area (TPSA) is 41.5 Å². The van der Waals surface area contributed by atoms with Crippen LogP contribution >= 0.6 is 11.6 Å². The fourth-order valence-electron chi connectivity index (χ4n) is 1.13. The van der Waals surface area contributed by atoms with Crippen molar-refractivity contribution in [1.29, 1.82) is 0 Å². The molecule has 0 atom stereocenters. The van der Waals surface area contributed by atoms with Crippen molar-refractivity contribution in [2.45, 2.75) is 12.7 Å². The number of hydroxylamine groups is 1. The van der Waals surface area contributed by atoms with Crippen molar-refractivity contribution in [3.63, 3.8) is 0 Å². The second-order valence-electron chi connectivity index (χ2n) is 3.00. The molecule has 0 saturated carbocycles. The third-order valence-corrected chi connectivity index (χ3v) is 2.14. The van der Waals surface area contributed by atoms with Gasteiger partial charge in [0, 0.05) is 6.54 Å². The lowest BCUT2D eigenvalue weighted by Crippen LogP contribution is -2.12. The van der Waals surface area contributed by atoms with Crippen LogP contribution in [0.1, 0.15) is 11.1 Å². The Balaban J connectivity index is 3.12. The molecule has 1 rings (SSSR count). The van der Waals surface area contributed by atoms with E-state index in [0.717, 1.165) is 6.07 Å². The molecule has 2 N–H and O–H groups in total. The van der Waals surface area contributed by atoms with Crippen LogP contribution in [0.2, 0.25) is 5.02 Å². The lowest BCUT2D eigenvalue weighted by atomic mass is 10.1.